The highest BCUT2D eigenvalue weighted by Gasteiger charge is 2.39. The van der Waals surface area contributed by atoms with Crippen molar-refractivity contribution in [2.45, 2.75) is 38.9 Å². The number of benzene rings is 1. The number of hydrogen-bond donors (Lipinski definition) is 1. The van der Waals surface area contributed by atoms with Crippen molar-refractivity contribution in [3.8, 4) is 5.75 Å². The molecular formula is C16H27BrN2OSi. The van der Waals surface area contributed by atoms with Gasteiger partial charge in [0.15, 0.2) is 0 Å². The molecule has 1 aliphatic rings. The van der Waals surface area contributed by atoms with E-state index in [1.807, 2.05) is 0 Å². The van der Waals surface area contributed by atoms with Gasteiger partial charge in [-0.15, -0.1) is 0 Å². The minimum Gasteiger partial charge on any atom is -0.543 e. The smallest absolute Gasteiger partial charge is 0.250 e. The van der Waals surface area contributed by atoms with Gasteiger partial charge in [0.2, 0.25) is 8.32 Å². The second-order valence-electron chi connectivity index (χ2n) is 7.24. The maximum Gasteiger partial charge on any atom is 0.250 e. The Kier molecular flexibility index (Phi) is 5.06. The molecule has 0 unspecified atom stereocenters. The van der Waals surface area contributed by atoms with E-state index < -0.39 is 8.32 Å². The molecule has 0 aromatic heterocycles. The van der Waals surface area contributed by atoms with Crippen LogP contribution in [0.4, 0.5) is 5.69 Å². The van der Waals surface area contributed by atoms with Crippen molar-refractivity contribution in [2.24, 2.45) is 0 Å². The van der Waals surface area contributed by atoms with E-state index in [1.54, 1.807) is 0 Å². The highest BCUT2D eigenvalue weighted by molar-refractivity contribution is 9.10. The molecule has 3 nitrogen and oxygen atoms in total. The number of rotatable bonds is 3. The summed E-state index contributed by atoms with van der Waals surface area (Å²) in [7, 11) is -1.79. The van der Waals surface area contributed by atoms with Crippen LogP contribution < -0.4 is 14.6 Å². The molecule has 1 aromatic rings. The van der Waals surface area contributed by atoms with Crippen LogP contribution in [0.25, 0.3) is 0 Å². The van der Waals surface area contributed by atoms with Gasteiger partial charge < -0.3 is 14.6 Å². The second-order valence-corrected chi connectivity index (χ2v) is 12.9. The van der Waals surface area contributed by atoms with Crippen LogP contribution in [-0.4, -0.2) is 34.5 Å². The fourth-order valence-corrected chi connectivity index (χ4v) is 3.63. The lowest BCUT2D eigenvalue weighted by molar-refractivity contribution is 0.491. The highest BCUT2D eigenvalue weighted by atomic mass is 79.9. The van der Waals surface area contributed by atoms with E-state index in [4.69, 9.17) is 4.43 Å². The van der Waals surface area contributed by atoms with Crippen molar-refractivity contribution in [3.63, 3.8) is 0 Å². The summed E-state index contributed by atoms with van der Waals surface area (Å²) in [6.45, 7) is 15.6. The molecule has 21 heavy (non-hydrogen) atoms. The average molecular weight is 371 g/mol. The third-order valence-corrected chi connectivity index (χ3v) is 9.33. The van der Waals surface area contributed by atoms with Crippen LogP contribution in [0.2, 0.25) is 18.1 Å². The van der Waals surface area contributed by atoms with Gasteiger partial charge in [-0.3, -0.25) is 0 Å². The Morgan fingerprint density at radius 3 is 2.33 bits per heavy atom. The van der Waals surface area contributed by atoms with Gasteiger partial charge >= 0.3 is 0 Å². The number of nitrogens with one attached hydrogen (secondary N) is 1. The van der Waals surface area contributed by atoms with E-state index in [0.29, 0.717) is 0 Å². The molecular weight excluding hydrogens is 344 g/mol. The zero-order chi connectivity index (χ0) is 15.7. The Morgan fingerprint density at radius 1 is 1.14 bits per heavy atom. The molecule has 1 saturated heterocycles. The monoisotopic (exact) mass is 370 g/mol. The lowest BCUT2D eigenvalue weighted by Gasteiger charge is -2.37. The molecule has 0 amide bonds. The fourth-order valence-electron chi connectivity index (χ4n) is 2.16. The molecule has 5 heteroatoms. The van der Waals surface area contributed by atoms with Crippen LogP contribution >= 0.6 is 15.9 Å². The molecule has 0 atom stereocenters. The van der Waals surface area contributed by atoms with Crippen molar-refractivity contribution < 1.29 is 4.43 Å². The molecule has 1 aromatic carbocycles. The van der Waals surface area contributed by atoms with Gasteiger partial charge in [0.1, 0.15) is 5.75 Å². The van der Waals surface area contributed by atoms with Crippen molar-refractivity contribution in [1.82, 2.24) is 5.32 Å². The van der Waals surface area contributed by atoms with Gasteiger partial charge in [-0.1, -0.05) is 36.7 Å². The standard InChI is InChI=1S/C16H27BrN2OSi/c1-16(2,3)21(4,5)20-15-11-13(17)10-14(12-15)19-8-6-18-7-9-19/h10-12,18H,6-9H2,1-5H3. The molecule has 1 fully saturated rings. The number of anilines is 1. The van der Waals surface area contributed by atoms with Crippen molar-refractivity contribution in [1.29, 1.82) is 0 Å². The van der Waals surface area contributed by atoms with Crippen LogP contribution in [0, 0.1) is 0 Å². The van der Waals surface area contributed by atoms with Crippen LogP contribution in [0.5, 0.6) is 5.75 Å². The Hall–Kier alpha value is -0.523. The molecule has 0 radical (unpaired) electrons. The predicted octanol–water partition coefficient (Wildman–Crippen LogP) is 4.24. The first-order valence-electron chi connectivity index (χ1n) is 7.64. The van der Waals surface area contributed by atoms with Gasteiger partial charge in [0, 0.05) is 42.4 Å². The SMILES string of the molecule is CC(C)(C)[Si](C)(C)Oc1cc(Br)cc(N2CCNCC2)c1. The summed E-state index contributed by atoms with van der Waals surface area (Å²) in [5.74, 6) is 0.990. The summed E-state index contributed by atoms with van der Waals surface area (Å²) in [4.78, 5) is 2.42. The van der Waals surface area contributed by atoms with E-state index in [-0.39, 0.29) is 5.04 Å². The van der Waals surface area contributed by atoms with Gasteiger partial charge in [0.05, 0.1) is 0 Å². The number of piperazine rings is 1. The van der Waals surface area contributed by atoms with E-state index in [2.05, 4.69) is 78.2 Å². The summed E-state index contributed by atoms with van der Waals surface area (Å²) < 4.78 is 7.54. The van der Waals surface area contributed by atoms with E-state index in [9.17, 15) is 0 Å². The molecule has 0 aliphatic carbocycles. The zero-order valence-corrected chi connectivity index (χ0v) is 16.4. The van der Waals surface area contributed by atoms with Crippen LogP contribution in [0.1, 0.15) is 20.8 Å². The summed E-state index contributed by atoms with van der Waals surface area (Å²) in [5.41, 5.74) is 1.25. The van der Waals surface area contributed by atoms with Gasteiger partial charge in [-0.2, -0.15) is 0 Å². The highest BCUT2D eigenvalue weighted by Crippen LogP contribution is 2.38. The minimum atomic E-state index is -1.79. The summed E-state index contributed by atoms with van der Waals surface area (Å²) in [6.07, 6.45) is 0. The first kappa shape index (κ1) is 16.8. The van der Waals surface area contributed by atoms with Gasteiger partial charge in [0.25, 0.3) is 0 Å². The number of hydrogen-bond acceptors (Lipinski definition) is 3. The Balaban J connectivity index is 2.22. The summed E-state index contributed by atoms with van der Waals surface area (Å²) in [5, 5.41) is 3.61. The largest absolute Gasteiger partial charge is 0.543 e. The van der Waals surface area contributed by atoms with Crippen molar-refractivity contribution >= 4 is 29.9 Å². The maximum absolute atomic E-state index is 6.45. The van der Waals surface area contributed by atoms with E-state index in [0.717, 1.165) is 36.4 Å². The quantitative estimate of drug-likeness (QED) is 0.805. The van der Waals surface area contributed by atoms with Crippen molar-refractivity contribution in [3.05, 3.63) is 22.7 Å². The summed E-state index contributed by atoms with van der Waals surface area (Å²) in [6, 6.07) is 6.46. The minimum absolute atomic E-state index is 0.213. The maximum atomic E-state index is 6.45. The van der Waals surface area contributed by atoms with Crippen LogP contribution in [0.15, 0.2) is 22.7 Å². The molecule has 1 aliphatic heterocycles. The van der Waals surface area contributed by atoms with E-state index in [1.165, 1.54) is 5.69 Å². The number of halogens is 1. The van der Waals surface area contributed by atoms with Crippen molar-refractivity contribution in [2.75, 3.05) is 31.1 Å². The lowest BCUT2D eigenvalue weighted by atomic mass is 10.2. The predicted molar refractivity (Wildman–Crippen MR) is 97.0 cm³/mol. The average Bonchev–Trinajstić information content (AvgIpc) is 2.37. The summed E-state index contributed by atoms with van der Waals surface area (Å²) >= 11 is 3.63. The third-order valence-electron chi connectivity index (χ3n) is 4.52. The van der Waals surface area contributed by atoms with Gasteiger partial charge in [-0.25, -0.2) is 0 Å². The Bertz CT molecular complexity index is 494. The molecule has 0 bridgehead atoms. The second kappa shape index (κ2) is 6.30. The fraction of sp³-hybridized carbons (Fsp3) is 0.625. The lowest BCUT2D eigenvalue weighted by Crippen LogP contribution is -2.44. The van der Waals surface area contributed by atoms with Crippen LogP contribution in [-0.2, 0) is 0 Å². The van der Waals surface area contributed by atoms with Crippen LogP contribution in [0.3, 0.4) is 0 Å². The first-order chi connectivity index (χ1) is 9.69. The molecule has 0 saturated carbocycles. The molecule has 2 rings (SSSR count). The van der Waals surface area contributed by atoms with E-state index >= 15 is 0 Å². The first-order valence-corrected chi connectivity index (χ1v) is 11.3. The molecule has 1 heterocycles. The zero-order valence-electron chi connectivity index (χ0n) is 13.8. The topological polar surface area (TPSA) is 24.5 Å². The molecule has 0 spiro atoms. The normalized spacial score (nSPS) is 17.0. The Labute approximate surface area is 138 Å². The van der Waals surface area contributed by atoms with Gasteiger partial charge in [-0.05, 0) is 30.3 Å². The molecule has 1 N–H and O–H groups in total. The number of nitrogens with zero attached hydrogens (tertiary/aromatic N) is 1. The molecule has 118 valence electrons. The Morgan fingerprint density at radius 2 is 1.76 bits per heavy atom. The third kappa shape index (κ3) is 4.24.